The van der Waals surface area contributed by atoms with Crippen molar-refractivity contribution in [3.05, 3.63) is 12.7 Å². The lowest BCUT2D eigenvalue weighted by molar-refractivity contribution is 0.0000310. The third-order valence-electron chi connectivity index (χ3n) is 2.05. The Kier molecular flexibility index (Phi) is 2.05. The second-order valence-corrected chi connectivity index (χ2v) is 3.07. The molecule has 0 atom stereocenters. The largest absolute Gasteiger partial charge is 0.390 e. The van der Waals surface area contributed by atoms with Gasteiger partial charge in [0, 0.05) is 19.6 Å². The molecule has 12 heavy (non-hydrogen) atoms. The lowest BCUT2D eigenvalue weighted by Crippen LogP contribution is -2.51. The van der Waals surface area contributed by atoms with Crippen LogP contribution in [0.1, 0.15) is 0 Å². The molecule has 1 aromatic rings. The van der Waals surface area contributed by atoms with Crippen LogP contribution >= 0.6 is 0 Å². The van der Waals surface area contributed by atoms with Crippen molar-refractivity contribution in [2.45, 2.75) is 12.6 Å². The molecule has 0 aromatic carbocycles. The normalized spacial score (nSPS) is 19.4. The molecule has 5 heteroatoms. The van der Waals surface area contributed by atoms with Gasteiger partial charge < -0.3 is 5.11 Å². The maximum absolute atomic E-state index is 9.00. The maximum Gasteiger partial charge on any atom is 0.137 e. The first kappa shape index (κ1) is 7.70. The summed E-state index contributed by atoms with van der Waals surface area (Å²) in [6.45, 7) is 3.40. The van der Waals surface area contributed by atoms with Crippen molar-refractivity contribution in [2.75, 3.05) is 19.6 Å². The van der Waals surface area contributed by atoms with Gasteiger partial charge >= 0.3 is 0 Å². The number of hydrogen-bond acceptors (Lipinski definition) is 4. The molecule has 0 amide bonds. The molecule has 66 valence electrons. The zero-order valence-electron chi connectivity index (χ0n) is 6.80. The van der Waals surface area contributed by atoms with Crippen molar-refractivity contribution in [1.82, 2.24) is 19.7 Å². The maximum atomic E-state index is 9.00. The number of hydrogen-bond donors (Lipinski definition) is 1. The monoisotopic (exact) mass is 168 g/mol. The van der Waals surface area contributed by atoms with Crippen LogP contribution in [0.3, 0.4) is 0 Å². The highest BCUT2D eigenvalue weighted by molar-refractivity contribution is 4.78. The minimum absolute atomic E-state index is 0.110. The van der Waals surface area contributed by atoms with E-state index in [0.29, 0.717) is 0 Å². The molecule has 1 aromatic heterocycles. The van der Waals surface area contributed by atoms with Crippen molar-refractivity contribution >= 4 is 0 Å². The number of likely N-dealkylation sites (tertiary alicyclic amines) is 1. The molecule has 0 saturated carbocycles. The fraction of sp³-hybridized carbons (Fsp3) is 0.714. The molecule has 2 rings (SSSR count). The van der Waals surface area contributed by atoms with E-state index in [-0.39, 0.29) is 6.10 Å². The van der Waals surface area contributed by atoms with Gasteiger partial charge in [-0.3, -0.25) is 9.58 Å². The zero-order valence-corrected chi connectivity index (χ0v) is 6.80. The Bertz CT molecular complexity index is 230. The van der Waals surface area contributed by atoms with E-state index in [1.165, 1.54) is 6.33 Å². The summed E-state index contributed by atoms with van der Waals surface area (Å²) >= 11 is 0. The molecular weight excluding hydrogens is 156 g/mol. The highest BCUT2D eigenvalue weighted by Crippen LogP contribution is 2.05. The van der Waals surface area contributed by atoms with Crippen LogP contribution in [0.15, 0.2) is 12.7 Å². The van der Waals surface area contributed by atoms with Crippen LogP contribution in [-0.2, 0) is 6.54 Å². The predicted molar refractivity (Wildman–Crippen MR) is 42.5 cm³/mol. The number of rotatable bonds is 3. The van der Waals surface area contributed by atoms with Gasteiger partial charge in [-0.1, -0.05) is 0 Å². The standard InChI is InChI=1S/C7H12N4O/c12-7-3-10(4-7)1-2-11-6-8-5-9-11/h5-7,12H,1-4H2. The fourth-order valence-corrected chi connectivity index (χ4v) is 1.32. The zero-order chi connectivity index (χ0) is 8.39. The molecule has 1 saturated heterocycles. The smallest absolute Gasteiger partial charge is 0.137 e. The Hall–Kier alpha value is -0.940. The summed E-state index contributed by atoms with van der Waals surface area (Å²) in [4.78, 5) is 6.03. The summed E-state index contributed by atoms with van der Waals surface area (Å²) in [5.74, 6) is 0. The first-order valence-corrected chi connectivity index (χ1v) is 4.07. The van der Waals surface area contributed by atoms with Crippen LogP contribution in [0.2, 0.25) is 0 Å². The van der Waals surface area contributed by atoms with Gasteiger partial charge in [-0.15, -0.1) is 0 Å². The second-order valence-electron chi connectivity index (χ2n) is 3.07. The van der Waals surface area contributed by atoms with Gasteiger partial charge in [0.15, 0.2) is 0 Å². The first-order valence-electron chi connectivity index (χ1n) is 4.07. The summed E-state index contributed by atoms with van der Waals surface area (Å²) in [6, 6.07) is 0. The summed E-state index contributed by atoms with van der Waals surface area (Å²) in [6.07, 6.45) is 3.13. The minimum Gasteiger partial charge on any atom is -0.390 e. The Balaban J connectivity index is 1.70. The van der Waals surface area contributed by atoms with E-state index in [2.05, 4.69) is 15.0 Å². The van der Waals surface area contributed by atoms with E-state index in [9.17, 15) is 0 Å². The molecule has 5 nitrogen and oxygen atoms in total. The fourth-order valence-electron chi connectivity index (χ4n) is 1.32. The number of nitrogens with zero attached hydrogens (tertiary/aromatic N) is 4. The van der Waals surface area contributed by atoms with Crippen LogP contribution in [0.4, 0.5) is 0 Å². The second kappa shape index (κ2) is 3.20. The summed E-state index contributed by atoms with van der Waals surface area (Å²) in [5.41, 5.74) is 0. The molecule has 0 aliphatic carbocycles. The molecule has 2 heterocycles. The molecular formula is C7H12N4O. The number of β-amino-alcohol motifs (C(OH)–C–C–N with tert-alkyl or cyclic N) is 1. The number of aliphatic hydroxyl groups excluding tert-OH is 1. The van der Waals surface area contributed by atoms with Crippen LogP contribution < -0.4 is 0 Å². The SMILES string of the molecule is OC1CN(CCn2cncn2)C1. The van der Waals surface area contributed by atoms with Gasteiger partial charge in [-0.25, -0.2) is 4.98 Å². The van der Waals surface area contributed by atoms with E-state index in [0.717, 1.165) is 26.2 Å². The summed E-state index contributed by atoms with van der Waals surface area (Å²) in [5, 5.41) is 13.0. The van der Waals surface area contributed by atoms with Crippen molar-refractivity contribution in [3.63, 3.8) is 0 Å². The summed E-state index contributed by atoms with van der Waals surface area (Å²) in [7, 11) is 0. The van der Waals surface area contributed by atoms with Gasteiger partial charge in [0.05, 0.1) is 12.6 Å². The predicted octanol–water partition coefficient (Wildman–Crippen LogP) is -1.05. The topological polar surface area (TPSA) is 54.2 Å². The van der Waals surface area contributed by atoms with Gasteiger partial charge in [-0.05, 0) is 0 Å². The van der Waals surface area contributed by atoms with E-state index in [4.69, 9.17) is 5.11 Å². The number of aromatic nitrogens is 3. The van der Waals surface area contributed by atoms with Gasteiger partial charge in [-0.2, -0.15) is 5.10 Å². The van der Waals surface area contributed by atoms with Gasteiger partial charge in [0.1, 0.15) is 12.7 Å². The van der Waals surface area contributed by atoms with Gasteiger partial charge in [0.2, 0.25) is 0 Å². The van der Waals surface area contributed by atoms with E-state index >= 15 is 0 Å². The molecule has 0 spiro atoms. The molecule has 1 N–H and O–H groups in total. The number of aliphatic hydroxyl groups is 1. The van der Waals surface area contributed by atoms with Crippen LogP contribution in [-0.4, -0.2) is 50.5 Å². The third kappa shape index (κ3) is 1.62. The lowest BCUT2D eigenvalue weighted by atomic mass is 10.2. The molecule has 1 fully saturated rings. The van der Waals surface area contributed by atoms with E-state index < -0.39 is 0 Å². The molecule has 0 bridgehead atoms. The van der Waals surface area contributed by atoms with Crippen LogP contribution in [0.5, 0.6) is 0 Å². The molecule has 0 radical (unpaired) electrons. The van der Waals surface area contributed by atoms with Gasteiger partial charge in [0.25, 0.3) is 0 Å². The summed E-state index contributed by atoms with van der Waals surface area (Å²) < 4.78 is 1.80. The lowest BCUT2D eigenvalue weighted by Gasteiger charge is -2.35. The Morgan fingerprint density at radius 3 is 2.83 bits per heavy atom. The average molecular weight is 168 g/mol. The third-order valence-corrected chi connectivity index (χ3v) is 2.05. The van der Waals surface area contributed by atoms with E-state index in [1.807, 2.05) is 0 Å². The van der Waals surface area contributed by atoms with Crippen molar-refractivity contribution in [3.8, 4) is 0 Å². The quantitative estimate of drug-likeness (QED) is 0.626. The highest BCUT2D eigenvalue weighted by atomic mass is 16.3. The van der Waals surface area contributed by atoms with Crippen LogP contribution in [0.25, 0.3) is 0 Å². The Morgan fingerprint density at radius 1 is 1.42 bits per heavy atom. The molecule has 0 unspecified atom stereocenters. The van der Waals surface area contributed by atoms with Crippen LogP contribution in [0, 0.1) is 0 Å². The molecule has 1 aliphatic heterocycles. The molecule has 1 aliphatic rings. The Morgan fingerprint density at radius 2 is 2.25 bits per heavy atom. The van der Waals surface area contributed by atoms with E-state index in [1.54, 1.807) is 11.0 Å². The minimum atomic E-state index is -0.110. The highest BCUT2D eigenvalue weighted by Gasteiger charge is 2.23. The van der Waals surface area contributed by atoms with Crippen molar-refractivity contribution < 1.29 is 5.11 Å². The van der Waals surface area contributed by atoms with Crippen molar-refractivity contribution in [1.29, 1.82) is 0 Å². The average Bonchev–Trinajstić information content (AvgIpc) is 2.47. The Labute approximate surface area is 70.6 Å². The van der Waals surface area contributed by atoms with Crippen molar-refractivity contribution in [2.24, 2.45) is 0 Å². The first-order chi connectivity index (χ1) is 5.84.